The minimum Gasteiger partial charge on any atom is -0.486 e. The first-order valence-electron chi connectivity index (χ1n) is 13.7. The molecule has 1 aliphatic heterocycles. The van der Waals surface area contributed by atoms with Crippen LogP contribution >= 0.6 is 0 Å². The number of Topliss-reactive ketones (excluding diaryl/α,β-unsaturated/α-hetero) is 2. The quantitative estimate of drug-likeness (QED) is 0.462. The number of nitrogens with zero attached hydrogens (tertiary/aromatic N) is 3. The summed E-state index contributed by atoms with van der Waals surface area (Å²) in [6, 6.07) is 6.69. The van der Waals surface area contributed by atoms with Gasteiger partial charge in [0, 0.05) is 36.6 Å². The molecule has 2 N–H and O–H groups in total. The van der Waals surface area contributed by atoms with E-state index in [4.69, 9.17) is 4.74 Å². The molecular formula is C29H24FN5O5. The number of carbonyl (C=O) groups excluding carboxylic acids is 4. The van der Waals surface area contributed by atoms with Crippen LogP contribution in [0.25, 0.3) is 5.65 Å². The lowest BCUT2D eigenvalue weighted by Crippen LogP contribution is -3.11. The Morgan fingerprint density at radius 3 is 2.55 bits per heavy atom. The van der Waals surface area contributed by atoms with Gasteiger partial charge in [0.1, 0.15) is 29.5 Å². The van der Waals surface area contributed by atoms with Crippen molar-refractivity contribution in [3.63, 3.8) is 0 Å². The maximum absolute atomic E-state index is 14.5. The highest BCUT2D eigenvalue weighted by Gasteiger charge is 3.10. The molecule has 6 aliphatic carbocycles. The van der Waals surface area contributed by atoms with Crippen molar-refractivity contribution in [1.82, 2.24) is 25.2 Å². The van der Waals surface area contributed by atoms with Crippen LogP contribution in [0.1, 0.15) is 39.0 Å². The summed E-state index contributed by atoms with van der Waals surface area (Å²) in [5, 5.41) is 9.77. The molecule has 10 nitrogen and oxygen atoms in total. The van der Waals surface area contributed by atoms with Gasteiger partial charge >= 0.3 is 0 Å². The Balaban J connectivity index is 0.923. The average molecular weight is 542 g/mol. The maximum Gasteiger partial charge on any atom is 0.270 e. The van der Waals surface area contributed by atoms with Crippen molar-refractivity contribution in [1.29, 1.82) is 0 Å². The number of carbonyl (C=O) groups is 4. The second-order valence-corrected chi connectivity index (χ2v) is 12.3. The van der Waals surface area contributed by atoms with E-state index >= 15 is 0 Å². The summed E-state index contributed by atoms with van der Waals surface area (Å²) < 4.78 is 21.0. The van der Waals surface area contributed by atoms with E-state index < -0.39 is 17.6 Å². The summed E-state index contributed by atoms with van der Waals surface area (Å²) in [7, 11) is 0. The summed E-state index contributed by atoms with van der Waals surface area (Å²) in [5.41, 5.74) is 1.33. The number of rotatable bonds is 7. The number of ether oxygens (including phenoxy) is 1. The molecule has 3 aromatic rings. The van der Waals surface area contributed by atoms with Crippen molar-refractivity contribution in [2.24, 2.45) is 46.3 Å². The number of nitrogens with one attached hydrogen (secondary N) is 2. The van der Waals surface area contributed by atoms with Crippen molar-refractivity contribution < 1.29 is 28.3 Å². The van der Waals surface area contributed by atoms with Crippen LogP contribution in [0.5, 0.6) is 5.75 Å². The minimum absolute atomic E-state index is 0.0143. The largest absolute Gasteiger partial charge is 0.486 e. The molecule has 0 unspecified atom stereocenters. The lowest BCUT2D eigenvalue weighted by molar-refractivity contribution is -0.638. The molecule has 6 saturated carbocycles. The highest BCUT2D eigenvalue weighted by Crippen LogP contribution is 3.10. The predicted octanol–water partition coefficient (Wildman–Crippen LogP) is 1.36. The summed E-state index contributed by atoms with van der Waals surface area (Å²) in [6.45, 7) is 2.45. The van der Waals surface area contributed by atoms with Crippen LogP contribution in [0.15, 0.2) is 30.5 Å². The molecule has 6 fully saturated rings. The summed E-state index contributed by atoms with van der Waals surface area (Å²) >= 11 is 0. The normalized spacial score (nSPS) is 36.0. The zero-order valence-corrected chi connectivity index (χ0v) is 21.4. The van der Waals surface area contributed by atoms with E-state index in [1.807, 2.05) is 0 Å². The molecule has 202 valence electrons. The third kappa shape index (κ3) is 2.23. The van der Waals surface area contributed by atoms with Crippen molar-refractivity contribution in [2.75, 3.05) is 13.2 Å². The van der Waals surface area contributed by atoms with Gasteiger partial charge in [0.2, 0.25) is 0 Å². The molecule has 0 atom stereocenters. The number of amides is 2. The summed E-state index contributed by atoms with van der Waals surface area (Å²) in [4.78, 5) is 54.5. The van der Waals surface area contributed by atoms with Crippen molar-refractivity contribution in [3.8, 4) is 5.75 Å². The van der Waals surface area contributed by atoms with Crippen LogP contribution in [0.3, 0.4) is 0 Å². The number of aromatic nitrogens is 3. The highest BCUT2D eigenvalue weighted by molar-refractivity contribution is 5.98. The number of benzene rings is 1. The smallest absolute Gasteiger partial charge is 0.270 e. The highest BCUT2D eigenvalue weighted by atomic mass is 19.1. The lowest BCUT2D eigenvalue weighted by atomic mass is 8.92. The van der Waals surface area contributed by atoms with E-state index in [0.29, 0.717) is 53.6 Å². The monoisotopic (exact) mass is 541 g/mol. The van der Waals surface area contributed by atoms with E-state index in [-0.39, 0.29) is 53.2 Å². The van der Waals surface area contributed by atoms with E-state index in [0.717, 1.165) is 21.8 Å². The van der Waals surface area contributed by atoms with Gasteiger partial charge in [-0.25, -0.2) is 13.9 Å². The fourth-order valence-corrected chi connectivity index (χ4v) is 10.1. The van der Waals surface area contributed by atoms with Gasteiger partial charge in [-0.1, -0.05) is 6.07 Å². The first-order valence-corrected chi connectivity index (χ1v) is 13.7. The maximum atomic E-state index is 14.5. The van der Waals surface area contributed by atoms with E-state index in [9.17, 15) is 23.6 Å². The van der Waals surface area contributed by atoms with Crippen molar-refractivity contribution >= 4 is 29.0 Å². The number of fused-ring (bicyclic) bond motifs is 2. The van der Waals surface area contributed by atoms with Gasteiger partial charge in [-0.2, -0.15) is 5.10 Å². The molecular weight excluding hydrogens is 517 g/mol. The molecule has 0 saturated heterocycles. The first kappa shape index (κ1) is 22.6. The van der Waals surface area contributed by atoms with E-state index in [1.165, 1.54) is 6.07 Å². The van der Waals surface area contributed by atoms with Gasteiger partial charge in [0.15, 0.2) is 17.2 Å². The Hall–Kier alpha value is -4.15. The molecule has 0 spiro atoms. The molecule has 0 bridgehead atoms. The first-order chi connectivity index (χ1) is 19.3. The van der Waals surface area contributed by atoms with E-state index in [2.05, 4.69) is 20.7 Å². The Bertz CT molecular complexity index is 1710. The molecule has 11 heteroatoms. The molecule has 40 heavy (non-hydrogen) atoms. The van der Waals surface area contributed by atoms with E-state index in [1.54, 1.807) is 25.1 Å². The Kier molecular flexibility index (Phi) is 3.93. The summed E-state index contributed by atoms with van der Waals surface area (Å²) in [5.74, 6) is 2.35. The van der Waals surface area contributed by atoms with Crippen molar-refractivity contribution in [3.05, 3.63) is 58.8 Å². The number of ketones is 2. The molecule has 2 aromatic heterocycles. The molecule has 3 heterocycles. The Morgan fingerprint density at radius 1 is 1.07 bits per heavy atom. The SMILES string of the molecule is CC(=O)C12C3C4C1C1C2C3C41CNC(=O)c1cc(C(=O)NCc2ccc3c(c2)CC(=O)CO3)nc2c(F)cnn12. The van der Waals surface area contributed by atoms with Gasteiger partial charge in [0.25, 0.3) is 11.8 Å². The fourth-order valence-electron chi connectivity index (χ4n) is 10.1. The molecule has 2 amide bonds. The van der Waals surface area contributed by atoms with Gasteiger partial charge in [-0.05, 0) is 65.5 Å². The van der Waals surface area contributed by atoms with Gasteiger partial charge in [-0.3, -0.25) is 19.2 Å². The zero-order valence-electron chi connectivity index (χ0n) is 21.4. The third-order valence-corrected chi connectivity index (χ3v) is 11.3. The second-order valence-electron chi connectivity index (χ2n) is 12.3. The van der Waals surface area contributed by atoms with Crippen LogP contribution in [0, 0.1) is 52.2 Å². The van der Waals surface area contributed by atoms with Crippen LogP contribution in [0.4, 0.5) is 4.39 Å². The molecule has 1 aromatic carbocycles. The molecule has 10 rings (SSSR count). The third-order valence-electron chi connectivity index (χ3n) is 11.3. The Labute approximate surface area is 226 Å². The minimum atomic E-state index is -0.737. The van der Waals surface area contributed by atoms with Gasteiger partial charge in [-0.15, -0.1) is 0 Å². The lowest BCUT2D eigenvalue weighted by Gasteiger charge is -3.11. The van der Waals surface area contributed by atoms with Crippen LogP contribution in [-0.2, 0) is 22.6 Å². The topological polar surface area (TPSA) is 132 Å². The fraction of sp³-hybridized carbons (Fsp3) is 0.448. The summed E-state index contributed by atoms with van der Waals surface area (Å²) in [6.07, 6.45) is 1.24. The number of hydrogen-bond donors (Lipinski definition) is 2. The molecule has 0 radical (unpaired) electrons. The standard InChI is InChI=1S/C29H24FN5O5/c1-11(36)29-22-19-23(29)21-24(29)20(22)28(19,21)10-32-27(39)17-6-16(34-25-15(30)8-33-35(17)25)26(38)31-7-12-2-3-18-13(4-12)5-14(37)9-40-18/h2-4,6,8,19-24H,5,7,9-10H2,1H3,(H,31,38)(H,32,39). The van der Waals surface area contributed by atoms with Gasteiger partial charge < -0.3 is 15.4 Å². The predicted molar refractivity (Wildman–Crippen MR) is 134 cm³/mol. The van der Waals surface area contributed by atoms with Crippen LogP contribution < -0.4 is 15.4 Å². The van der Waals surface area contributed by atoms with Crippen LogP contribution in [0.2, 0.25) is 0 Å². The second kappa shape index (κ2) is 6.94. The number of hydrogen-bond acceptors (Lipinski definition) is 7. The van der Waals surface area contributed by atoms with Crippen LogP contribution in [-0.4, -0.2) is 51.1 Å². The molecule has 7 aliphatic rings. The van der Waals surface area contributed by atoms with Crippen molar-refractivity contribution in [2.45, 2.75) is 19.9 Å². The number of halogens is 1. The average Bonchev–Trinajstić information content (AvgIpc) is 3.34. The Morgan fingerprint density at radius 2 is 1.82 bits per heavy atom. The zero-order chi connectivity index (χ0) is 27.3. The van der Waals surface area contributed by atoms with Gasteiger partial charge in [0.05, 0.1) is 6.20 Å².